The predicted molar refractivity (Wildman–Crippen MR) is 67.1 cm³/mol. The number of ketones is 1. The summed E-state index contributed by atoms with van der Waals surface area (Å²) in [6, 6.07) is 0. The van der Waals surface area contributed by atoms with Gasteiger partial charge in [0, 0.05) is 5.41 Å². The summed E-state index contributed by atoms with van der Waals surface area (Å²) >= 11 is 0. The average molecular weight is 218 g/mol. The Bertz CT molecular complexity index is 373. The number of carbonyl (C=O) groups excluding carboxylic acids is 1. The van der Waals surface area contributed by atoms with E-state index in [-0.39, 0.29) is 11.2 Å². The summed E-state index contributed by atoms with van der Waals surface area (Å²) in [6.45, 7) is 9.06. The minimum absolute atomic E-state index is 0.168. The van der Waals surface area contributed by atoms with Crippen LogP contribution < -0.4 is 0 Å². The second-order valence-corrected chi connectivity index (χ2v) is 5.98. The highest BCUT2D eigenvalue weighted by Crippen LogP contribution is 2.51. The molecule has 0 N–H and O–H groups in total. The highest BCUT2D eigenvalue weighted by atomic mass is 16.1. The van der Waals surface area contributed by atoms with Gasteiger partial charge in [-0.3, -0.25) is 4.79 Å². The Morgan fingerprint density at radius 3 is 2.69 bits per heavy atom. The van der Waals surface area contributed by atoms with Crippen molar-refractivity contribution in [3.63, 3.8) is 0 Å². The van der Waals surface area contributed by atoms with Gasteiger partial charge in [-0.1, -0.05) is 31.9 Å². The van der Waals surface area contributed by atoms with Crippen molar-refractivity contribution in [2.75, 3.05) is 0 Å². The molecule has 0 aliphatic heterocycles. The van der Waals surface area contributed by atoms with Gasteiger partial charge in [0.25, 0.3) is 0 Å². The van der Waals surface area contributed by atoms with Gasteiger partial charge in [-0.2, -0.15) is 0 Å². The van der Waals surface area contributed by atoms with Crippen LogP contribution >= 0.6 is 0 Å². The summed E-state index contributed by atoms with van der Waals surface area (Å²) in [6.07, 6.45) is 7.28. The number of hydrogen-bond acceptors (Lipinski definition) is 1. The van der Waals surface area contributed by atoms with Gasteiger partial charge >= 0.3 is 0 Å². The SMILES string of the molecule is CC1=CC(=O)C=C2CC[C@@H](C(C)C)C[C@@]12C. The molecule has 1 saturated carbocycles. The first-order valence-corrected chi connectivity index (χ1v) is 6.37. The quantitative estimate of drug-likeness (QED) is 0.652. The van der Waals surface area contributed by atoms with Crippen LogP contribution in [0.4, 0.5) is 0 Å². The molecule has 1 fully saturated rings. The molecule has 0 spiro atoms. The molecular formula is C15H22O. The summed E-state index contributed by atoms with van der Waals surface area (Å²) in [5, 5.41) is 0. The molecule has 2 aliphatic rings. The van der Waals surface area contributed by atoms with Gasteiger partial charge in [-0.15, -0.1) is 0 Å². The lowest BCUT2D eigenvalue weighted by Gasteiger charge is -2.44. The van der Waals surface area contributed by atoms with Crippen molar-refractivity contribution in [2.45, 2.75) is 47.0 Å². The monoisotopic (exact) mass is 218 g/mol. The van der Waals surface area contributed by atoms with E-state index in [0.29, 0.717) is 0 Å². The lowest BCUT2D eigenvalue weighted by Crippen LogP contribution is -2.34. The van der Waals surface area contributed by atoms with Crippen molar-refractivity contribution < 1.29 is 4.79 Å². The van der Waals surface area contributed by atoms with Gasteiger partial charge in [0.05, 0.1) is 0 Å². The lowest BCUT2D eigenvalue weighted by molar-refractivity contribution is -0.110. The van der Waals surface area contributed by atoms with E-state index in [2.05, 4.69) is 27.7 Å². The molecule has 88 valence electrons. The van der Waals surface area contributed by atoms with E-state index in [1.165, 1.54) is 24.0 Å². The highest BCUT2D eigenvalue weighted by molar-refractivity contribution is 6.01. The summed E-state index contributed by atoms with van der Waals surface area (Å²) in [5.41, 5.74) is 2.80. The second kappa shape index (κ2) is 3.87. The average Bonchev–Trinajstić information content (AvgIpc) is 2.19. The summed E-state index contributed by atoms with van der Waals surface area (Å²) in [4.78, 5) is 11.5. The molecule has 0 bridgehead atoms. The normalized spacial score (nSPS) is 34.6. The van der Waals surface area contributed by atoms with Crippen LogP contribution in [0.25, 0.3) is 0 Å². The van der Waals surface area contributed by atoms with Gasteiger partial charge in [0.2, 0.25) is 0 Å². The molecule has 0 heterocycles. The van der Waals surface area contributed by atoms with Gasteiger partial charge in [0.1, 0.15) is 0 Å². The maximum Gasteiger partial charge on any atom is 0.178 e. The molecule has 1 heteroatoms. The Morgan fingerprint density at radius 2 is 2.06 bits per heavy atom. The topological polar surface area (TPSA) is 17.1 Å². The van der Waals surface area contributed by atoms with Crippen molar-refractivity contribution >= 4 is 5.78 Å². The maximum absolute atomic E-state index is 11.5. The van der Waals surface area contributed by atoms with Crippen LogP contribution in [0.5, 0.6) is 0 Å². The van der Waals surface area contributed by atoms with Gasteiger partial charge in [-0.05, 0) is 50.2 Å². The Labute approximate surface area is 98.6 Å². The highest BCUT2D eigenvalue weighted by Gasteiger charge is 2.40. The Kier molecular flexibility index (Phi) is 2.81. The van der Waals surface area contributed by atoms with E-state index < -0.39 is 0 Å². The first kappa shape index (κ1) is 11.6. The fourth-order valence-electron chi connectivity index (χ4n) is 3.18. The molecule has 0 aromatic heterocycles. The zero-order chi connectivity index (χ0) is 11.9. The maximum atomic E-state index is 11.5. The molecule has 0 amide bonds. The molecule has 2 atom stereocenters. The van der Waals surface area contributed by atoms with Crippen LogP contribution in [-0.2, 0) is 4.79 Å². The van der Waals surface area contributed by atoms with Gasteiger partial charge in [0.15, 0.2) is 5.78 Å². The standard InChI is InChI=1S/C15H22O/c1-10(2)12-5-6-13-8-14(16)7-11(3)15(13,4)9-12/h7-8,10,12H,5-6,9H2,1-4H3/t12-,15+/m1/s1. The van der Waals surface area contributed by atoms with Crippen molar-refractivity contribution in [2.24, 2.45) is 17.3 Å². The van der Waals surface area contributed by atoms with Crippen molar-refractivity contribution in [3.8, 4) is 0 Å². The Balaban J connectivity index is 2.31. The van der Waals surface area contributed by atoms with E-state index in [1.807, 2.05) is 12.2 Å². The number of rotatable bonds is 1. The molecule has 0 aromatic carbocycles. The Morgan fingerprint density at radius 1 is 1.38 bits per heavy atom. The molecule has 0 unspecified atom stereocenters. The van der Waals surface area contributed by atoms with E-state index >= 15 is 0 Å². The summed E-state index contributed by atoms with van der Waals surface area (Å²) in [7, 11) is 0. The van der Waals surface area contributed by atoms with Crippen molar-refractivity contribution in [3.05, 3.63) is 23.3 Å². The third-order valence-corrected chi connectivity index (χ3v) is 4.65. The summed E-state index contributed by atoms with van der Waals surface area (Å²) < 4.78 is 0. The molecular weight excluding hydrogens is 196 g/mol. The number of hydrogen-bond donors (Lipinski definition) is 0. The zero-order valence-corrected chi connectivity index (χ0v) is 10.8. The third kappa shape index (κ3) is 1.77. The fraction of sp³-hybridized carbons (Fsp3) is 0.667. The van der Waals surface area contributed by atoms with E-state index in [1.54, 1.807) is 0 Å². The van der Waals surface area contributed by atoms with E-state index in [4.69, 9.17) is 0 Å². The lowest BCUT2D eigenvalue weighted by atomic mass is 9.60. The Hall–Kier alpha value is -0.850. The molecule has 2 aliphatic carbocycles. The largest absolute Gasteiger partial charge is 0.290 e. The van der Waals surface area contributed by atoms with E-state index in [0.717, 1.165) is 18.3 Å². The zero-order valence-electron chi connectivity index (χ0n) is 10.8. The minimum atomic E-state index is 0.168. The number of fused-ring (bicyclic) bond motifs is 1. The number of carbonyl (C=O) groups is 1. The van der Waals surface area contributed by atoms with Gasteiger partial charge < -0.3 is 0 Å². The molecule has 2 rings (SSSR count). The fourth-order valence-corrected chi connectivity index (χ4v) is 3.18. The predicted octanol–water partition coefficient (Wildman–Crippen LogP) is 3.90. The number of allylic oxidation sites excluding steroid dienone is 4. The first-order chi connectivity index (χ1) is 7.43. The van der Waals surface area contributed by atoms with Crippen LogP contribution in [0.1, 0.15) is 47.0 Å². The van der Waals surface area contributed by atoms with Crippen LogP contribution in [0, 0.1) is 17.3 Å². The third-order valence-electron chi connectivity index (χ3n) is 4.65. The summed E-state index contributed by atoms with van der Waals surface area (Å²) in [5.74, 6) is 1.75. The van der Waals surface area contributed by atoms with Gasteiger partial charge in [-0.25, -0.2) is 0 Å². The van der Waals surface area contributed by atoms with Crippen LogP contribution in [0.3, 0.4) is 0 Å². The van der Waals surface area contributed by atoms with Crippen LogP contribution in [0.2, 0.25) is 0 Å². The smallest absolute Gasteiger partial charge is 0.178 e. The molecule has 0 saturated heterocycles. The van der Waals surface area contributed by atoms with Crippen LogP contribution in [0.15, 0.2) is 23.3 Å². The first-order valence-electron chi connectivity index (χ1n) is 6.37. The van der Waals surface area contributed by atoms with Crippen molar-refractivity contribution in [1.29, 1.82) is 0 Å². The molecule has 0 aromatic rings. The molecule has 1 nitrogen and oxygen atoms in total. The molecule has 0 radical (unpaired) electrons. The van der Waals surface area contributed by atoms with Crippen LogP contribution in [-0.4, -0.2) is 5.78 Å². The van der Waals surface area contributed by atoms with Crippen molar-refractivity contribution in [1.82, 2.24) is 0 Å². The van der Waals surface area contributed by atoms with E-state index in [9.17, 15) is 4.79 Å². The molecule has 16 heavy (non-hydrogen) atoms. The minimum Gasteiger partial charge on any atom is -0.290 e. The second-order valence-electron chi connectivity index (χ2n) is 5.98.